The van der Waals surface area contributed by atoms with Gasteiger partial charge in [0, 0.05) is 11.8 Å². The Labute approximate surface area is 72.6 Å². The fraction of sp³-hybridized carbons (Fsp3) is 0. The van der Waals surface area contributed by atoms with Crippen molar-refractivity contribution in [3.05, 3.63) is 24.0 Å². The predicted octanol–water partition coefficient (Wildman–Crippen LogP) is 1.31. The van der Waals surface area contributed by atoms with E-state index < -0.39 is 0 Å². The molecule has 0 amide bonds. The van der Waals surface area contributed by atoms with Crippen LogP contribution >= 0.6 is 11.3 Å². The molecule has 4 nitrogen and oxygen atoms in total. The van der Waals surface area contributed by atoms with Gasteiger partial charge in [-0.05, 0) is 6.07 Å². The van der Waals surface area contributed by atoms with Crippen LogP contribution in [0, 0.1) is 0 Å². The Morgan fingerprint density at radius 3 is 2.92 bits per heavy atom. The van der Waals surface area contributed by atoms with E-state index in [1.807, 2.05) is 0 Å². The second-order valence-corrected chi connectivity index (χ2v) is 3.01. The topological polar surface area (TPSA) is 58.9 Å². The molecule has 0 fully saturated rings. The van der Waals surface area contributed by atoms with Crippen molar-refractivity contribution in [2.75, 3.05) is 0 Å². The van der Waals surface area contributed by atoms with Crippen LogP contribution in [0.1, 0.15) is 0 Å². The second-order valence-electron chi connectivity index (χ2n) is 2.18. The monoisotopic (exact) mass is 179 g/mol. The maximum absolute atomic E-state index is 9.11. The number of pyridine rings is 1. The minimum atomic E-state index is 0.141. The highest BCUT2D eigenvalue weighted by Gasteiger charge is 2.01. The van der Waals surface area contributed by atoms with Gasteiger partial charge in [0.1, 0.15) is 16.3 Å². The minimum Gasteiger partial charge on any atom is -0.506 e. The van der Waals surface area contributed by atoms with Gasteiger partial charge in [-0.15, -0.1) is 10.2 Å². The first-order valence-electron chi connectivity index (χ1n) is 3.27. The average molecular weight is 179 g/mol. The van der Waals surface area contributed by atoms with Crippen molar-refractivity contribution in [1.82, 2.24) is 15.2 Å². The van der Waals surface area contributed by atoms with E-state index in [4.69, 9.17) is 5.11 Å². The zero-order valence-electron chi connectivity index (χ0n) is 6.01. The van der Waals surface area contributed by atoms with Crippen LogP contribution in [0.15, 0.2) is 24.0 Å². The third-order valence-corrected chi connectivity index (χ3v) is 2.07. The van der Waals surface area contributed by atoms with E-state index in [0.717, 1.165) is 10.6 Å². The second kappa shape index (κ2) is 2.86. The molecule has 0 saturated carbocycles. The molecule has 0 aromatic carbocycles. The number of hydrogen-bond acceptors (Lipinski definition) is 5. The van der Waals surface area contributed by atoms with E-state index in [1.165, 1.54) is 17.5 Å². The van der Waals surface area contributed by atoms with Gasteiger partial charge in [0.2, 0.25) is 0 Å². The molecule has 2 aromatic rings. The van der Waals surface area contributed by atoms with Crippen LogP contribution in [0.25, 0.3) is 10.6 Å². The van der Waals surface area contributed by atoms with Crippen molar-refractivity contribution in [3.63, 3.8) is 0 Å². The molecule has 0 saturated heterocycles. The fourth-order valence-electron chi connectivity index (χ4n) is 0.844. The minimum absolute atomic E-state index is 0.141. The summed E-state index contributed by atoms with van der Waals surface area (Å²) in [4.78, 5) is 3.83. The molecule has 0 radical (unpaired) electrons. The van der Waals surface area contributed by atoms with Gasteiger partial charge < -0.3 is 5.11 Å². The Morgan fingerprint density at radius 2 is 2.25 bits per heavy atom. The average Bonchev–Trinajstić information content (AvgIpc) is 2.56. The predicted molar refractivity (Wildman–Crippen MR) is 44.8 cm³/mol. The van der Waals surface area contributed by atoms with Crippen LogP contribution in [0.5, 0.6) is 5.75 Å². The number of hydrogen-bond donors (Lipinski definition) is 1. The summed E-state index contributed by atoms with van der Waals surface area (Å²) < 4.78 is 0. The fourth-order valence-corrected chi connectivity index (χ4v) is 1.38. The zero-order chi connectivity index (χ0) is 8.39. The quantitative estimate of drug-likeness (QED) is 0.717. The largest absolute Gasteiger partial charge is 0.506 e. The molecule has 0 aliphatic rings. The molecule has 0 spiro atoms. The van der Waals surface area contributed by atoms with Gasteiger partial charge >= 0.3 is 0 Å². The molecular formula is C7H5N3OS. The summed E-state index contributed by atoms with van der Waals surface area (Å²) in [6, 6.07) is 1.60. The molecule has 0 aliphatic heterocycles. The van der Waals surface area contributed by atoms with Crippen molar-refractivity contribution in [2.24, 2.45) is 0 Å². The van der Waals surface area contributed by atoms with Crippen LogP contribution in [-0.2, 0) is 0 Å². The van der Waals surface area contributed by atoms with E-state index in [2.05, 4.69) is 15.2 Å². The third-order valence-electron chi connectivity index (χ3n) is 1.33. The van der Waals surface area contributed by atoms with Crippen molar-refractivity contribution in [3.8, 4) is 16.3 Å². The highest BCUT2D eigenvalue weighted by molar-refractivity contribution is 7.12. The Hall–Kier alpha value is -1.49. The lowest BCUT2D eigenvalue weighted by molar-refractivity contribution is 0.473. The van der Waals surface area contributed by atoms with E-state index in [-0.39, 0.29) is 5.75 Å². The molecule has 2 heterocycles. The molecular weight excluding hydrogens is 174 g/mol. The highest BCUT2D eigenvalue weighted by Crippen LogP contribution is 2.22. The molecule has 2 aromatic heterocycles. The standard InChI is InChI=1S/C7H5N3OS/c11-6-1-5(2-8-3-6)7-10-9-4-12-7/h1-4,11H. The molecule has 5 heteroatoms. The summed E-state index contributed by atoms with van der Waals surface area (Å²) >= 11 is 1.41. The Kier molecular flexibility index (Phi) is 1.71. The summed E-state index contributed by atoms with van der Waals surface area (Å²) in [5.41, 5.74) is 2.43. The zero-order valence-corrected chi connectivity index (χ0v) is 6.82. The first kappa shape index (κ1) is 7.17. The molecule has 0 bridgehead atoms. The Bertz CT molecular complexity index is 374. The van der Waals surface area contributed by atoms with Gasteiger partial charge in [0.05, 0.1) is 6.20 Å². The van der Waals surface area contributed by atoms with E-state index >= 15 is 0 Å². The SMILES string of the molecule is Oc1cncc(-c2nncs2)c1. The van der Waals surface area contributed by atoms with Gasteiger partial charge in [-0.2, -0.15) is 0 Å². The van der Waals surface area contributed by atoms with Crippen LogP contribution in [0.4, 0.5) is 0 Å². The van der Waals surface area contributed by atoms with Crippen molar-refractivity contribution < 1.29 is 5.11 Å². The summed E-state index contributed by atoms with van der Waals surface area (Å²) in [6.45, 7) is 0. The lowest BCUT2D eigenvalue weighted by Gasteiger charge is -1.93. The number of aromatic hydroxyl groups is 1. The third kappa shape index (κ3) is 1.26. The smallest absolute Gasteiger partial charge is 0.149 e. The van der Waals surface area contributed by atoms with E-state index in [1.54, 1.807) is 17.8 Å². The van der Waals surface area contributed by atoms with Crippen molar-refractivity contribution in [2.45, 2.75) is 0 Å². The van der Waals surface area contributed by atoms with Gasteiger partial charge in [0.15, 0.2) is 0 Å². The summed E-state index contributed by atoms with van der Waals surface area (Å²) in [6.07, 6.45) is 3.02. The summed E-state index contributed by atoms with van der Waals surface area (Å²) in [7, 11) is 0. The number of rotatable bonds is 1. The molecule has 0 aliphatic carbocycles. The molecule has 2 rings (SSSR count). The lowest BCUT2D eigenvalue weighted by atomic mass is 10.3. The van der Waals surface area contributed by atoms with Crippen molar-refractivity contribution in [1.29, 1.82) is 0 Å². The van der Waals surface area contributed by atoms with Crippen LogP contribution < -0.4 is 0 Å². The number of aromatic nitrogens is 3. The maximum atomic E-state index is 9.11. The number of nitrogens with zero attached hydrogens (tertiary/aromatic N) is 3. The summed E-state index contributed by atoms with van der Waals surface area (Å²) in [5, 5.41) is 17.4. The van der Waals surface area contributed by atoms with Crippen molar-refractivity contribution >= 4 is 11.3 Å². The van der Waals surface area contributed by atoms with Crippen LogP contribution in [0.3, 0.4) is 0 Å². The van der Waals surface area contributed by atoms with Crippen LogP contribution in [-0.4, -0.2) is 20.3 Å². The van der Waals surface area contributed by atoms with Gasteiger partial charge in [-0.3, -0.25) is 4.98 Å². The lowest BCUT2D eigenvalue weighted by Crippen LogP contribution is -1.78. The summed E-state index contributed by atoms with van der Waals surface area (Å²) in [5.74, 6) is 0.141. The Balaban J connectivity index is 2.48. The van der Waals surface area contributed by atoms with E-state index in [9.17, 15) is 0 Å². The molecule has 0 unspecified atom stereocenters. The maximum Gasteiger partial charge on any atom is 0.149 e. The van der Waals surface area contributed by atoms with Crippen LogP contribution in [0.2, 0.25) is 0 Å². The van der Waals surface area contributed by atoms with Gasteiger partial charge in [-0.1, -0.05) is 11.3 Å². The molecule has 0 atom stereocenters. The first-order valence-corrected chi connectivity index (χ1v) is 4.15. The normalized spacial score (nSPS) is 10.0. The molecule has 1 N–H and O–H groups in total. The molecule has 12 heavy (non-hydrogen) atoms. The Morgan fingerprint density at radius 1 is 1.33 bits per heavy atom. The first-order chi connectivity index (χ1) is 5.86. The van der Waals surface area contributed by atoms with Gasteiger partial charge in [0.25, 0.3) is 0 Å². The highest BCUT2D eigenvalue weighted by atomic mass is 32.1. The molecule has 60 valence electrons. The van der Waals surface area contributed by atoms with Gasteiger partial charge in [-0.25, -0.2) is 0 Å². The van der Waals surface area contributed by atoms with E-state index in [0.29, 0.717) is 0 Å².